The molecule has 0 aliphatic carbocycles. The highest BCUT2D eigenvalue weighted by Gasteiger charge is 2.19. The molecule has 0 aromatic heterocycles. The summed E-state index contributed by atoms with van der Waals surface area (Å²) in [6, 6.07) is 0. The minimum absolute atomic E-state index is 0.0863. The van der Waals surface area contributed by atoms with Gasteiger partial charge in [0.15, 0.2) is 6.10 Å². The topological polar surface area (TPSA) is 78.9 Å². The van der Waals surface area contributed by atoms with Gasteiger partial charge in [-0.15, -0.1) is 0 Å². The van der Waals surface area contributed by atoms with E-state index in [1.165, 1.54) is 128 Å². The number of carbonyl (C=O) groups is 3. The van der Waals surface area contributed by atoms with Crippen LogP contribution in [0, 0.1) is 0 Å². The van der Waals surface area contributed by atoms with Crippen LogP contribution in [0.25, 0.3) is 0 Å². The van der Waals surface area contributed by atoms with Crippen molar-refractivity contribution in [1.82, 2.24) is 0 Å². The van der Waals surface area contributed by atoms with E-state index in [-0.39, 0.29) is 31.1 Å². The maximum atomic E-state index is 12.8. The van der Waals surface area contributed by atoms with E-state index in [4.69, 9.17) is 14.2 Å². The van der Waals surface area contributed by atoms with Gasteiger partial charge < -0.3 is 14.2 Å². The molecule has 0 bridgehead atoms. The summed E-state index contributed by atoms with van der Waals surface area (Å²) in [5.41, 5.74) is 0. The summed E-state index contributed by atoms with van der Waals surface area (Å²) < 4.78 is 16.8. The first kappa shape index (κ1) is 61.1. The molecule has 0 rings (SSSR count). The normalized spacial score (nSPS) is 12.5. The summed E-state index contributed by atoms with van der Waals surface area (Å²) in [7, 11) is 0. The van der Waals surface area contributed by atoms with E-state index in [0.29, 0.717) is 19.3 Å². The molecular formula is C58H102O6. The molecule has 0 fully saturated rings. The van der Waals surface area contributed by atoms with Gasteiger partial charge in [0.05, 0.1) is 0 Å². The Labute approximate surface area is 396 Å². The molecule has 6 heteroatoms. The number of carbonyl (C=O) groups excluding carboxylic acids is 3. The second-order valence-corrected chi connectivity index (χ2v) is 18.1. The van der Waals surface area contributed by atoms with Crippen molar-refractivity contribution in [3.05, 3.63) is 60.8 Å². The van der Waals surface area contributed by atoms with Gasteiger partial charge in [-0.1, -0.05) is 204 Å². The van der Waals surface area contributed by atoms with Crippen molar-refractivity contribution in [3.8, 4) is 0 Å². The van der Waals surface area contributed by atoms with Crippen LogP contribution in [0.5, 0.6) is 0 Å². The molecule has 0 N–H and O–H groups in total. The molecule has 0 saturated heterocycles. The monoisotopic (exact) mass is 895 g/mol. The molecule has 0 aliphatic heterocycles. The number of rotatable bonds is 49. The van der Waals surface area contributed by atoms with E-state index in [9.17, 15) is 14.4 Å². The van der Waals surface area contributed by atoms with E-state index >= 15 is 0 Å². The summed E-state index contributed by atoms with van der Waals surface area (Å²) in [6.07, 6.45) is 64.8. The van der Waals surface area contributed by atoms with Crippen molar-refractivity contribution in [2.75, 3.05) is 13.2 Å². The van der Waals surface area contributed by atoms with Crippen LogP contribution in [0.2, 0.25) is 0 Å². The summed E-state index contributed by atoms with van der Waals surface area (Å²) in [6.45, 7) is 6.56. The molecule has 0 aromatic rings. The van der Waals surface area contributed by atoms with E-state index in [2.05, 4.69) is 81.5 Å². The van der Waals surface area contributed by atoms with Gasteiger partial charge in [0.1, 0.15) is 13.2 Å². The number of allylic oxidation sites excluding steroid dienone is 10. The largest absolute Gasteiger partial charge is 0.462 e. The second kappa shape index (κ2) is 52.7. The van der Waals surface area contributed by atoms with Gasteiger partial charge in [-0.25, -0.2) is 0 Å². The lowest BCUT2D eigenvalue weighted by molar-refractivity contribution is -0.167. The predicted molar refractivity (Wildman–Crippen MR) is 275 cm³/mol. The molecule has 0 aromatic carbocycles. The fraction of sp³-hybridized carbons (Fsp3) is 0.776. The Morgan fingerprint density at radius 3 is 0.906 bits per heavy atom. The Morgan fingerprint density at radius 1 is 0.312 bits per heavy atom. The van der Waals surface area contributed by atoms with Gasteiger partial charge in [-0.2, -0.15) is 0 Å². The number of hydrogen-bond acceptors (Lipinski definition) is 6. The van der Waals surface area contributed by atoms with Gasteiger partial charge in [-0.05, 0) is 109 Å². The maximum Gasteiger partial charge on any atom is 0.306 e. The van der Waals surface area contributed by atoms with Crippen LogP contribution in [0.15, 0.2) is 60.8 Å². The number of hydrogen-bond donors (Lipinski definition) is 0. The van der Waals surface area contributed by atoms with Crippen LogP contribution in [-0.4, -0.2) is 37.2 Å². The average Bonchev–Trinajstić information content (AvgIpc) is 3.29. The fourth-order valence-electron chi connectivity index (χ4n) is 7.56. The van der Waals surface area contributed by atoms with Crippen LogP contribution in [-0.2, 0) is 28.6 Å². The third-order valence-electron chi connectivity index (χ3n) is 11.7. The number of unbranched alkanes of at least 4 members (excludes halogenated alkanes) is 28. The Kier molecular flexibility index (Phi) is 50.4. The van der Waals surface area contributed by atoms with Crippen LogP contribution < -0.4 is 0 Å². The number of esters is 3. The van der Waals surface area contributed by atoms with Crippen molar-refractivity contribution in [3.63, 3.8) is 0 Å². The van der Waals surface area contributed by atoms with Gasteiger partial charge >= 0.3 is 17.9 Å². The zero-order valence-corrected chi connectivity index (χ0v) is 42.3. The van der Waals surface area contributed by atoms with Gasteiger partial charge in [0, 0.05) is 19.3 Å². The van der Waals surface area contributed by atoms with Crippen molar-refractivity contribution in [2.45, 2.75) is 277 Å². The highest BCUT2D eigenvalue weighted by atomic mass is 16.6. The lowest BCUT2D eigenvalue weighted by Gasteiger charge is -2.18. The van der Waals surface area contributed by atoms with Gasteiger partial charge in [0.25, 0.3) is 0 Å². The quantitative estimate of drug-likeness (QED) is 0.0262. The fourth-order valence-corrected chi connectivity index (χ4v) is 7.56. The molecule has 0 saturated carbocycles. The lowest BCUT2D eigenvalue weighted by atomic mass is 10.1. The Hall–Kier alpha value is -2.89. The Bertz CT molecular complexity index is 1170. The van der Waals surface area contributed by atoms with Crippen LogP contribution in [0.1, 0.15) is 271 Å². The second-order valence-electron chi connectivity index (χ2n) is 18.1. The standard InChI is InChI=1S/C58H102O6/c1-4-7-10-13-16-19-22-25-28-29-31-33-36-39-42-45-48-51-57(60)63-54-55(53-62-56(59)50-47-44-41-38-35-32-27-24-21-18-15-12-9-6-3)64-58(61)52-49-46-43-40-37-34-30-26-23-20-17-14-11-8-5-2/h16-17,19-20,24-28,30,55H,4-15,18,21-23,29,31-54H2,1-3H3/b19-16+,20-17+,27-24+,28-25+,30-26+/t55-/m1/s1. The predicted octanol–water partition coefficient (Wildman–Crippen LogP) is 18.0. The van der Waals surface area contributed by atoms with Crippen molar-refractivity contribution >= 4 is 17.9 Å². The van der Waals surface area contributed by atoms with Crippen LogP contribution in [0.4, 0.5) is 0 Å². The molecule has 0 aliphatic rings. The Balaban J connectivity index is 4.42. The molecule has 0 spiro atoms. The van der Waals surface area contributed by atoms with E-state index in [1.54, 1.807) is 0 Å². The van der Waals surface area contributed by atoms with Gasteiger partial charge in [0.2, 0.25) is 0 Å². The molecule has 0 radical (unpaired) electrons. The smallest absolute Gasteiger partial charge is 0.306 e. The molecular weight excluding hydrogens is 793 g/mol. The van der Waals surface area contributed by atoms with E-state index in [1.807, 2.05) is 0 Å². The van der Waals surface area contributed by atoms with Gasteiger partial charge in [-0.3, -0.25) is 14.4 Å². The van der Waals surface area contributed by atoms with Crippen molar-refractivity contribution in [1.29, 1.82) is 0 Å². The summed E-state index contributed by atoms with van der Waals surface area (Å²) in [4.78, 5) is 38.1. The molecule has 0 unspecified atom stereocenters. The third-order valence-corrected chi connectivity index (χ3v) is 11.7. The highest BCUT2D eigenvalue weighted by Crippen LogP contribution is 2.14. The molecule has 64 heavy (non-hydrogen) atoms. The van der Waals surface area contributed by atoms with Crippen LogP contribution >= 0.6 is 0 Å². The third kappa shape index (κ3) is 50.1. The summed E-state index contributed by atoms with van der Waals surface area (Å²) in [5.74, 6) is -0.909. The molecule has 370 valence electrons. The summed E-state index contributed by atoms with van der Waals surface area (Å²) in [5, 5.41) is 0. The zero-order chi connectivity index (χ0) is 46.5. The molecule has 0 heterocycles. The first-order valence-electron chi connectivity index (χ1n) is 27.3. The highest BCUT2D eigenvalue weighted by molar-refractivity contribution is 5.71. The van der Waals surface area contributed by atoms with Crippen LogP contribution in [0.3, 0.4) is 0 Å². The van der Waals surface area contributed by atoms with E-state index in [0.717, 1.165) is 103 Å². The molecule has 1 atom stereocenters. The Morgan fingerprint density at radius 2 is 0.562 bits per heavy atom. The van der Waals surface area contributed by atoms with E-state index < -0.39 is 6.10 Å². The minimum atomic E-state index is -0.787. The number of ether oxygens (including phenoxy) is 3. The average molecular weight is 895 g/mol. The molecule has 6 nitrogen and oxygen atoms in total. The zero-order valence-electron chi connectivity index (χ0n) is 42.3. The summed E-state index contributed by atoms with van der Waals surface area (Å²) >= 11 is 0. The first-order chi connectivity index (χ1) is 31.5. The van der Waals surface area contributed by atoms with Crippen molar-refractivity contribution < 1.29 is 28.6 Å². The van der Waals surface area contributed by atoms with Crippen molar-refractivity contribution in [2.24, 2.45) is 0 Å². The SMILES string of the molecule is CCCCC/C=C/C/C=C/CCCCCCCCCC(=O)OC[C@@H](COC(=O)CCCCCCC/C=C/CCCCCCC)OC(=O)CCCCCCC/C=C/C/C=C/CCCCC. The molecule has 0 amide bonds. The maximum absolute atomic E-state index is 12.8. The lowest BCUT2D eigenvalue weighted by Crippen LogP contribution is -2.30. The first-order valence-corrected chi connectivity index (χ1v) is 27.3. The minimum Gasteiger partial charge on any atom is -0.462 e.